The summed E-state index contributed by atoms with van der Waals surface area (Å²) in [5, 5.41) is 9.77. The molecule has 1 aromatic heterocycles. The normalized spacial score (nSPS) is 23.7. The second-order valence-electron chi connectivity index (χ2n) is 5.51. The van der Waals surface area contributed by atoms with Gasteiger partial charge in [-0.15, -0.1) is 0 Å². The van der Waals surface area contributed by atoms with E-state index in [4.69, 9.17) is 10.5 Å². The van der Waals surface area contributed by atoms with Gasteiger partial charge >= 0.3 is 0 Å². The minimum absolute atomic E-state index is 0.0483. The maximum Gasteiger partial charge on any atom is 0.239 e. The summed E-state index contributed by atoms with van der Waals surface area (Å²) in [6, 6.07) is 3.74. The topological polar surface area (TPSA) is 71.6 Å². The summed E-state index contributed by atoms with van der Waals surface area (Å²) in [4.78, 5) is 6.66. The Morgan fingerprint density at radius 3 is 2.84 bits per heavy atom. The van der Waals surface area contributed by atoms with E-state index in [1.807, 2.05) is 26.0 Å². The maximum absolute atomic E-state index is 9.77. The standard InChI is InChI=1S/C14H23N3O2/c1-9(2)19-14-11(15)4-5-13(16-14)17-7-6-12(18)10(3)8-17/h4-5,9-10,12,18H,6-8,15H2,1-3H3. The molecule has 2 atom stereocenters. The van der Waals surface area contributed by atoms with Crippen LogP contribution in [0.3, 0.4) is 0 Å². The summed E-state index contributed by atoms with van der Waals surface area (Å²) in [6.07, 6.45) is 0.608. The Morgan fingerprint density at radius 2 is 2.21 bits per heavy atom. The van der Waals surface area contributed by atoms with E-state index in [0.29, 0.717) is 11.6 Å². The lowest BCUT2D eigenvalue weighted by molar-refractivity contribution is 0.0968. The van der Waals surface area contributed by atoms with Gasteiger partial charge in [0.15, 0.2) is 0 Å². The minimum Gasteiger partial charge on any atom is -0.473 e. The molecular formula is C14H23N3O2. The fourth-order valence-corrected chi connectivity index (χ4v) is 2.28. The minimum atomic E-state index is -0.212. The zero-order valence-corrected chi connectivity index (χ0v) is 11.8. The maximum atomic E-state index is 9.77. The predicted molar refractivity (Wildman–Crippen MR) is 76.4 cm³/mol. The third kappa shape index (κ3) is 3.29. The number of rotatable bonds is 3. The highest BCUT2D eigenvalue weighted by Gasteiger charge is 2.25. The van der Waals surface area contributed by atoms with Gasteiger partial charge in [0.25, 0.3) is 0 Å². The first kappa shape index (κ1) is 13.9. The molecule has 0 radical (unpaired) electrons. The van der Waals surface area contributed by atoms with Gasteiger partial charge in [-0.05, 0) is 38.3 Å². The van der Waals surface area contributed by atoms with Crippen molar-refractivity contribution in [3.63, 3.8) is 0 Å². The molecule has 5 heteroatoms. The average molecular weight is 265 g/mol. The number of aliphatic hydroxyl groups excluding tert-OH is 1. The Morgan fingerprint density at radius 1 is 1.47 bits per heavy atom. The second-order valence-corrected chi connectivity index (χ2v) is 5.51. The lowest BCUT2D eigenvalue weighted by Gasteiger charge is -2.35. The van der Waals surface area contributed by atoms with Crippen LogP contribution in [0.15, 0.2) is 12.1 Å². The predicted octanol–water partition coefficient (Wildman–Crippen LogP) is 1.66. The lowest BCUT2D eigenvalue weighted by atomic mass is 9.97. The van der Waals surface area contributed by atoms with Crippen LogP contribution in [0, 0.1) is 5.92 Å². The van der Waals surface area contributed by atoms with Crippen LogP contribution in [0.25, 0.3) is 0 Å². The fourth-order valence-electron chi connectivity index (χ4n) is 2.28. The van der Waals surface area contributed by atoms with Gasteiger partial charge in [-0.1, -0.05) is 6.92 Å². The van der Waals surface area contributed by atoms with Crippen molar-refractivity contribution in [1.82, 2.24) is 4.98 Å². The van der Waals surface area contributed by atoms with Crippen molar-refractivity contribution in [2.24, 2.45) is 5.92 Å². The number of aromatic nitrogens is 1. The number of nitrogens with zero attached hydrogens (tertiary/aromatic N) is 2. The third-order valence-corrected chi connectivity index (χ3v) is 3.41. The van der Waals surface area contributed by atoms with Crippen molar-refractivity contribution in [2.75, 3.05) is 23.7 Å². The highest BCUT2D eigenvalue weighted by Crippen LogP contribution is 2.27. The van der Waals surface area contributed by atoms with E-state index < -0.39 is 0 Å². The molecule has 1 aliphatic rings. The number of hydrogen-bond donors (Lipinski definition) is 2. The van der Waals surface area contributed by atoms with E-state index >= 15 is 0 Å². The van der Waals surface area contributed by atoms with Gasteiger partial charge in [0, 0.05) is 13.1 Å². The number of pyridine rings is 1. The molecule has 0 saturated carbocycles. The molecule has 2 rings (SSSR count). The molecule has 1 aromatic rings. The zero-order chi connectivity index (χ0) is 14.0. The average Bonchev–Trinajstić information content (AvgIpc) is 2.35. The van der Waals surface area contributed by atoms with Crippen LogP contribution in [-0.2, 0) is 0 Å². The Labute approximate surface area is 114 Å². The van der Waals surface area contributed by atoms with Gasteiger partial charge in [-0.3, -0.25) is 0 Å². The molecular weight excluding hydrogens is 242 g/mol. The van der Waals surface area contributed by atoms with Crippen LogP contribution in [-0.4, -0.2) is 35.4 Å². The molecule has 0 aromatic carbocycles. The molecule has 0 spiro atoms. The number of aliphatic hydroxyl groups is 1. The van der Waals surface area contributed by atoms with E-state index in [2.05, 4.69) is 16.8 Å². The van der Waals surface area contributed by atoms with Crippen LogP contribution in [0.4, 0.5) is 11.5 Å². The van der Waals surface area contributed by atoms with Crippen molar-refractivity contribution < 1.29 is 9.84 Å². The van der Waals surface area contributed by atoms with Gasteiger partial charge in [0.05, 0.1) is 17.9 Å². The van der Waals surface area contributed by atoms with Gasteiger partial charge in [0.1, 0.15) is 5.82 Å². The van der Waals surface area contributed by atoms with Gasteiger partial charge in [-0.25, -0.2) is 0 Å². The lowest BCUT2D eigenvalue weighted by Crippen LogP contribution is -2.42. The van der Waals surface area contributed by atoms with E-state index in [1.165, 1.54) is 0 Å². The third-order valence-electron chi connectivity index (χ3n) is 3.41. The highest BCUT2D eigenvalue weighted by atomic mass is 16.5. The summed E-state index contributed by atoms with van der Waals surface area (Å²) in [6.45, 7) is 7.57. The van der Waals surface area contributed by atoms with E-state index in [1.54, 1.807) is 0 Å². The van der Waals surface area contributed by atoms with Crippen LogP contribution >= 0.6 is 0 Å². The fraction of sp³-hybridized carbons (Fsp3) is 0.643. The van der Waals surface area contributed by atoms with Crippen molar-refractivity contribution >= 4 is 11.5 Å². The second kappa shape index (κ2) is 5.65. The molecule has 2 unspecified atom stereocenters. The van der Waals surface area contributed by atoms with E-state index in [0.717, 1.165) is 25.3 Å². The highest BCUT2D eigenvalue weighted by molar-refractivity contribution is 5.54. The Kier molecular flexibility index (Phi) is 4.14. The number of hydrogen-bond acceptors (Lipinski definition) is 5. The molecule has 1 fully saturated rings. The van der Waals surface area contributed by atoms with Gasteiger partial charge in [-0.2, -0.15) is 4.98 Å². The molecule has 3 N–H and O–H groups in total. The Hall–Kier alpha value is -1.49. The van der Waals surface area contributed by atoms with Crippen LogP contribution < -0.4 is 15.4 Å². The molecule has 106 valence electrons. The number of nitrogens with two attached hydrogens (primary N) is 1. The van der Waals surface area contributed by atoms with Crippen molar-refractivity contribution in [1.29, 1.82) is 0 Å². The first-order valence-electron chi connectivity index (χ1n) is 6.83. The summed E-state index contributed by atoms with van der Waals surface area (Å²) in [5.74, 6) is 1.61. The van der Waals surface area contributed by atoms with Crippen molar-refractivity contribution in [2.45, 2.75) is 39.4 Å². The SMILES string of the molecule is CC(C)Oc1nc(N2CCC(O)C(C)C2)ccc1N. The van der Waals surface area contributed by atoms with E-state index in [9.17, 15) is 5.11 Å². The quantitative estimate of drug-likeness (QED) is 0.869. The first-order valence-corrected chi connectivity index (χ1v) is 6.83. The van der Waals surface area contributed by atoms with Gasteiger partial charge in [0.2, 0.25) is 5.88 Å². The molecule has 0 aliphatic carbocycles. The Balaban J connectivity index is 2.16. The molecule has 1 saturated heterocycles. The van der Waals surface area contributed by atoms with Crippen molar-refractivity contribution in [3.05, 3.63) is 12.1 Å². The summed E-state index contributed by atoms with van der Waals surface area (Å²) in [7, 11) is 0. The van der Waals surface area contributed by atoms with Crippen molar-refractivity contribution in [3.8, 4) is 5.88 Å². The number of ether oxygens (including phenoxy) is 1. The first-order chi connectivity index (χ1) is 8.97. The number of piperidine rings is 1. The Bertz CT molecular complexity index is 437. The van der Waals surface area contributed by atoms with Gasteiger partial charge < -0.3 is 20.5 Å². The molecule has 5 nitrogen and oxygen atoms in total. The molecule has 19 heavy (non-hydrogen) atoms. The summed E-state index contributed by atoms with van der Waals surface area (Å²) < 4.78 is 5.61. The summed E-state index contributed by atoms with van der Waals surface area (Å²) in [5.41, 5.74) is 6.43. The zero-order valence-electron chi connectivity index (χ0n) is 11.8. The van der Waals surface area contributed by atoms with Crippen LogP contribution in [0.2, 0.25) is 0 Å². The smallest absolute Gasteiger partial charge is 0.239 e. The van der Waals surface area contributed by atoms with E-state index in [-0.39, 0.29) is 18.1 Å². The number of nitrogen functional groups attached to an aromatic ring is 1. The molecule has 1 aliphatic heterocycles. The van der Waals surface area contributed by atoms with Crippen LogP contribution in [0.5, 0.6) is 5.88 Å². The molecule has 0 amide bonds. The summed E-state index contributed by atoms with van der Waals surface area (Å²) >= 11 is 0. The molecule has 2 heterocycles. The largest absolute Gasteiger partial charge is 0.473 e. The monoisotopic (exact) mass is 265 g/mol. The number of anilines is 2. The molecule has 0 bridgehead atoms. The van der Waals surface area contributed by atoms with Crippen LogP contribution in [0.1, 0.15) is 27.2 Å².